The molecule has 10 heteroatoms. The van der Waals surface area contributed by atoms with Crippen LogP contribution in [0.2, 0.25) is 0 Å². The molecule has 0 saturated carbocycles. The van der Waals surface area contributed by atoms with E-state index in [1.54, 1.807) is 6.07 Å². The molecule has 0 atom stereocenters. The lowest BCUT2D eigenvalue weighted by Crippen LogP contribution is -2.43. The highest BCUT2D eigenvalue weighted by atomic mass is 32.3. The van der Waals surface area contributed by atoms with Gasteiger partial charge in [0.15, 0.2) is 0 Å². The van der Waals surface area contributed by atoms with Crippen LogP contribution < -0.4 is 10.9 Å². The van der Waals surface area contributed by atoms with Crippen molar-refractivity contribution in [3.63, 3.8) is 0 Å². The Labute approximate surface area is 95.0 Å². The molecule has 0 heterocycles. The fourth-order valence-corrected chi connectivity index (χ4v) is 0.735. The van der Waals surface area contributed by atoms with E-state index in [-0.39, 0.29) is 10.7 Å². The first-order chi connectivity index (χ1) is 7.52. The van der Waals surface area contributed by atoms with Gasteiger partial charge in [-0.05, 0) is 12.1 Å². The lowest BCUT2D eigenvalue weighted by Gasteiger charge is -2.20. The summed E-state index contributed by atoms with van der Waals surface area (Å²) < 4.78 is 67.4. The van der Waals surface area contributed by atoms with Crippen molar-refractivity contribution in [1.82, 2.24) is 0 Å². The number of nitrogens with zero attached hydrogens (tertiary/aromatic N) is 1. The highest BCUT2D eigenvalue weighted by Crippen LogP contribution is 2.23. The number of nitrogens with two attached hydrogens (primary N) is 1. The Morgan fingerprint density at radius 1 is 1.12 bits per heavy atom. The van der Waals surface area contributed by atoms with Gasteiger partial charge in [-0.1, -0.05) is 18.2 Å². The maximum absolute atomic E-state index is 11.9. The van der Waals surface area contributed by atoms with Crippen LogP contribution in [0.5, 0.6) is 0 Å². The molecule has 98 valence electrons. The largest absolute Gasteiger partial charge is 0.498 e. The Hall–Kier alpha value is -1.36. The minimum atomic E-state index is -4.67. The van der Waals surface area contributed by atoms with E-state index in [1.807, 2.05) is 0 Å². The summed E-state index contributed by atoms with van der Waals surface area (Å²) in [5.41, 5.74) is -0.0787. The number of para-hydroxylation sites is 1. The molecule has 0 fully saturated rings. The lowest BCUT2D eigenvalue weighted by atomic mass is 10.3. The number of alkyl halides is 3. The second-order valence-electron chi connectivity index (χ2n) is 2.62. The van der Waals surface area contributed by atoms with Gasteiger partial charge in [0.05, 0.1) is 5.69 Å². The summed E-state index contributed by atoms with van der Waals surface area (Å²) in [6, 6.07) is 7.16. The normalized spacial score (nSPS) is 11.4. The van der Waals surface area contributed by atoms with E-state index in [0.29, 0.717) is 0 Å². The summed E-state index contributed by atoms with van der Waals surface area (Å²) in [6.07, 6.45) is -4.53. The number of hydrogen-bond donors (Lipinski definition) is 3. The lowest BCUT2D eigenvalue weighted by molar-refractivity contribution is -0.129. The van der Waals surface area contributed by atoms with Crippen molar-refractivity contribution >= 4 is 16.1 Å². The van der Waals surface area contributed by atoms with Crippen molar-refractivity contribution in [1.29, 1.82) is 0 Å². The van der Waals surface area contributed by atoms with Gasteiger partial charge in [-0.3, -0.25) is 9.11 Å². The van der Waals surface area contributed by atoms with Gasteiger partial charge in [0.25, 0.3) is 0 Å². The van der Waals surface area contributed by atoms with E-state index in [0.717, 1.165) is 0 Å². The maximum Gasteiger partial charge on any atom is 0.498 e. The zero-order valence-electron chi connectivity index (χ0n) is 8.16. The van der Waals surface area contributed by atoms with Crippen LogP contribution in [-0.4, -0.2) is 23.8 Å². The third kappa shape index (κ3) is 8.45. The van der Waals surface area contributed by atoms with Crippen molar-refractivity contribution in [2.45, 2.75) is 6.30 Å². The Kier molecular flexibility index (Phi) is 5.35. The van der Waals surface area contributed by atoms with Gasteiger partial charge in [-0.25, -0.2) is 10.9 Å². The highest BCUT2D eigenvalue weighted by molar-refractivity contribution is 7.79. The first kappa shape index (κ1) is 15.6. The summed E-state index contributed by atoms with van der Waals surface area (Å²) in [5.74, 6) is 4.78. The summed E-state index contributed by atoms with van der Waals surface area (Å²) >= 11 is 0. The van der Waals surface area contributed by atoms with Gasteiger partial charge in [-0.15, -0.1) is 13.2 Å². The minimum absolute atomic E-state index is 0.0787. The topological polar surface area (TPSA) is 104 Å². The molecule has 0 amide bonds. The van der Waals surface area contributed by atoms with Crippen molar-refractivity contribution in [2.75, 3.05) is 5.01 Å². The summed E-state index contributed by atoms with van der Waals surface area (Å²) in [6.45, 7) is 0. The standard InChI is InChI=1S/C7H7F3N2.H2O4S/c8-7(9,10)12(11)6-4-2-1-3-5-6;1-5(2,3)4/h1-5H,11H2;(H2,1,2,3,4). The molecular formula is C7H9F3N2O4S. The second-order valence-corrected chi connectivity index (χ2v) is 3.52. The number of rotatable bonds is 1. The number of hydrazine groups is 1. The molecule has 1 rings (SSSR count). The molecule has 0 unspecified atom stereocenters. The number of hydrogen-bond acceptors (Lipinski definition) is 4. The molecule has 17 heavy (non-hydrogen) atoms. The average Bonchev–Trinajstić information content (AvgIpc) is 2.14. The average molecular weight is 274 g/mol. The minimum Gasteiger partial charge on any atom is -0.264 e. The van der Waals surface area contributed by atoms with Crippen LogP contribution in [0.25, 0.3) is 0 Å². The highest BCUT2D eigenvalue weighted by Gasteiger charge is 2.35. The van der Waals surface area contributed by atoms with Gasteiger partial charge in [0.1, 0.15) is 0 Å². The summed E-state index contributed by atoms with van der Waals surface area (Å²) in [4.78, 5) is 0. The van der Waals surface area contributed by atoms with Gasteiger partial charge < -0.3 is 0 Å². The third-order valence-electron chi connectivity index (χ3n) is 1.31. The molecule has 0 aliphatic carbocycles. The maximum atomic E-state index is 11.9. The Bertz CT molecular complexity index is 426. The molecular weight excluding hydrogens is 265 g/mol. The number of anilines is 1. The predicted molar refractivity (Wildman–Crippen MR) is 53.3 cm³/mol. The van der Waals surface area contributed by atoms with Gasteiger partial charge in [-0.2, -0.15) is 8.42 Å². The molecule has 1 aromatic carbocycles. The molecule has 0 spiro atoms. The van der Waals surface area contributed by atoms with E-state index in [2.05, 4.69) is 0 Å². The van der Waals surface area contributed by atoms with Crippen LogP contribution in [0.4, 0.5) is 18.9 Å². The molecule has 0 bridgehead atoms. The molecule has 1 aromatic rings. The van der Waals surface area contributed by atoms with Crippen molar-refractivity contribution in [2.24, 2.45) is 5.84 Å². The molecule has 0 radical (unpaired) electrons. The van der Waals surface area contributed by atoms with E-state index < -0.39 is 16.7 Å². The molecule has 0 aromatic heterocycles. The van der Waals surface area contributed by atoms with Crippen molar-refractivity contribution < 1.29 is 30.7 Å². The molecule has 6 nitrogen and oxygen atoms in total. The van der Waals surface area contributed by atoms with Crippen LogP contribution in [-0.2, 0) is 10.4 Å². The second kappa shape index (κ2) is 5.82. The fraction of sp³-hybridized carbons (Fsp3) is 0.143. The van der Waals surface area contributed by atoms with Crippen LogP contribution >= 0.6 is 0 Å². The quantitative estimate of drug-likeness (QED) is 0.308. The number of benzene rings is 1. The van der Waals surface area contributed by atoms with E-state index in [1.165, 1.54) is 24.3 Å². The third-order valence-corrected chi connectivity index (χ3v) is 1.31. The van der Waals surface area contributed by atoms with E-state index in [9.17, 15) is 13.2 Å². The van der Waals surface area contributed by atoms with Crippen molar-refractivity contribution in [3.05, 3.63) is 30.3 Å². The van der Waals surface area contributed by atoms with Gasteiger partial charge >= 0.3 is 16.7 Å². The number of halogens is 3. The first-order valence-corrected chi connectivity index (χ1v) is 5.28. The first-order valence-electron chi connectivity index (χ1n) is 3.88. The Morgan fingerprint density at radius 3 is 1.76 bits per heavy atom. The molecule has 0 aliphatic heterocycles. The summed E-state index contributed by atoms with van der Waals surface area (Å²) in [5, 5.41) is -0.229. The molecule has 0 aliphatic rings. The monoisotopic (exact) mass is 274 g/mol. The van der Waals surface area contributed by atoms with Crippen LogP contribution in [0, 0.1) is 0 Å². The van der Waals surface area contributed by atoms with Crippen LogP contribution in [0.3, 0.4) is 0 Å². The van der Waals surface area contributed by atoms with Crippen LogP contribution in [0.15, 0.2) is 30.3 Å². The fourth-order valence-electron chi connectivity index (χ4n) is 0.735. The van der Waals surface area contributed by atoms with Crippen LogP contribution in [0.1, 0.15) is 0 Å². The smallest absolute Gasteiger partial charge is 0.264 e. The Morgan fingerprint density at radius 2 is 1.47 bits per heavy atom. The zero-order valence-corrected chi connectivity index (χ0v) is 8.98. The Balaban J connectivity index is 0.000000437. The molecule has 0 saturated heterocycles. The molecule has 4 N–H and O–H groups in total. The van der Waals surface area contributed by atoms with E-state index in [4.69, 9.17) is 23.4 Å². The van der Waals surface area contributed by atoms with Gasteiger partial charge in [0, 0.05) is 0 Å². The van der Waals surface area contributed by atoms with Gasteiger partial charge in [0.2, 0.25) is 0 Å². The summed E-state index contributed by atoms with van der Waals surface area (Å²) in [7, 11) is -4.67. The zero-order chi connectivity index (χ0) is 13.7. The van der Waals surface area contributed by atoms with Crippen molar-refractivity contribution in [3.8, 4) is 0 Å². The SMILES string of the molecule is NN(c1ccccc1)C(F)(F)F.O=S(=O)(O)O. The van der Waals surface area contributed by atoms with E-state index >= 15 is 0 Å². The predicted octanol–water partition coefficient (Wildman–Crippen LogP) is 1.23.